The summed E-state index contributed by atoms with van der Waals surface area (Å²) in [7, 11) is 0. The van der Waals surface area contributed by atoms with Crippen LogP contribution in [-0.4, -0.2) is 4.57 Å². The Morgan fingerprint density at radius 2 is 1.18 bits per heavy atom. The highest BCUT2D eigenvalue weighted by molar-refractivity contribution is 9.10. The van der Waals surface area contributed by atoms with E-state index in [9.17, 15) is 0 Å². The van der Waals surface area contributed by atoms with Gasteiger partial charge in [-0.15, -0.1) is 0 Å². The number of nitrogens with zero attached hydrogens (tertiary/aromatic N) is 1. The smallest absolute Gasteiger partial charge is 0.0754 e. The van der Waals surface area contributed by atoms with Gasteiger partial charge in [0.1, 0.15) is 0 Å². The fourth-order valence-electron chi connectivity index (χ4n) is 6.54. The normalized spacial score (nSPS) is 14.5. The van der Waals surface area contributed by atoms with Crippen molar-refractivity contribution >= 4 is 37.7 Å². The lowest BCUT2D eigenvalue weighted by atomic mass is 9.65. The summed E-state index contributed by atoms with van der Waals surface area (Å²) in [6.07, 6.45) is 0. The number of hydrogen-bond donors (Lipinski definition) is 0. The first-order chi connectivity index (χ1) is 16.3. The fraction of sp³-hybridized carbons (Fsp3) is 0.0323. The maximum atomic E-state index is 3.81. The molecule has 0 N–H and O–H groups in total. The first-order valence-corrected chi connectivity index (χ1v) is 12.1. The molecule has 0 bridgehead atoms. The van der Waals surface area contributed by atoms with Crippen LogP contribution in [0.25, 0.3) is 38.6 Å². The van der Waals surface area contributed by atoms with Gasteiger partial charge in [0.25, 0.3) is 0 Å². The average molecular weight is 484 g/mol. The maximum absolute atomic E-state index is 3.81. The lowest BCUT2D eigenvalue weighted by Crippen LogP contribution is -2.33. The number of para-hydroxylation sites is 2. The second-order valence-electron chi connectivity index (χ2n) is 9.06. The molecular formula is C31H18BrN. The lowest BCUT2D eigenvalue weighted by molar-refractivity contribution is 0.748. The van der Waals surface area contributed by atoms with E-state index in [1.807, 2.05) is 0 Å². The number of benzene rings is 5. The fourth-order valence-corrected chi connectivity index (χ4v) is 6.90. The van der Waals surface area contributed by atoms with E-state index in [0.29, 0.717) is 0 Å². The van der Waals surface area contributed by atoms with E-state index in [-0.39, 0.29) is 5.41 Å². The Balaban J connectivity index is 1.71. The van der Waals surface area contributed by atoms with Gasteiger partial charge in [0.2, 0.25) is 0 Å². The van der Waals surface area contributed by atoms with E-state index < -0.39 is 0 Å². The molecule has 5 aromatic carbocycles. The summed E-state index contributed by atoms with van der Waals surface area (Å²) >= 11 is 3.81. The van der Waals surface area contributed by atoms with Crippen molar-refractivity contribution in [2.75, 3.05) is 0 Å². The van der Waals surface area contributed by atoms with Crippen molar-refractivity contribution in [3.63, 3.8) is 0 Å². The molecule has 8 rings (SSSR count). The van der Waals surface area contributed by atoms with Crippen LogP contribution >= 0.6 is 15.9 Å². The van der Waals surface area contributed by atoms with Gasteiger partial charge < -0.3 is 4.57 Å². The van der Waals surface area contributed by atoms with Crippen LogP contribution in [0.2, 0.25) is 0 Å². The van der Waals surface area contributed by atoms with Crippen LogP contribution < -0.4 is 0 Å². The van der Waals surface area contributed by atoms with Crippen LogP contribution in [0, 0.1) is 0 Å². The highest BCUT2D eigenvalue weighted by Crippen LogP contribution is 2.61. The predicted molar refractivity (Wildman–Crippen MR) is 139 cm³/mol. The third-order valence-corrected chi connectivity index (χ3v) is 8.15. The maximum Gasteiger partial charge on any atom is 0.0754 e. The van der Waals surface area contributed by atoms with Gasteiger partial charge in [-0.1, -0.05) is 101 Å². The third kappa shape index (κ3) is 1.96. The van der Waals surface area contributed by atoms with Crippen molar-refractivity contribution in [1.82, 2.24) is 4.57 Å². The zero-order chi connectivity index (χ0) is 21.7. The minimum Gasteiger partial charge on any atom is -0.309 e. The number of fused-ring (bicyclic) bond motifs is 12. The van der Waals surface area contributed by atoms with Gasteiger partial charge in [-0.2, -0.15) is 0 Å². The highest BCUT2D eigenvalue weighted by Gasteiger charge is 2.50. The minimum atomic E-state index is -0.351. The third-order valence-electron chi connectivity index (χ3n) is 7.65. The Morgan fingerprint density at radius 3 is 1.97 bits per heavy atom. The summed E-state index contributed by atoms with van der Waals surface area (Å²) in [5, 5.41) is 2.62. The van der Waals surface area contributed by atoms with Crippen molar-refractivity contribution in [1.29, 1.82) is 0 Å². The van der Waals surface area contributed by atoms with Crippen LogP contribution in [-0.2, 0) is 5.41 Å². The van der Waals surface area contributed by atoms with Crippen molar-refractivity contribution in [2.45, 2.75) is 5.41 Å². The van der Waals surface area contributed by atoms with Crippen LogP contribution in [0.1, 0.15) is 22.3 Å². The summed E-state index contributed by atoms with van der Waals surface area (Å²) in [6.45, 7) is 0. The molecule has 2 aliphatic rings. The number of aromatic nitrogens is 1. The molecule has 0 unspecified atom stereocenters. The van der Waals surface area contributed by atoms with Gasteiger partial charge >= 0.3 is 0 Å². The Hall–Kier alpha value is -3.62. The zero-order valence-electron chi connectivity index (χ0n) is 17.7. The lowest BCUT2D eigenvalue weighted by Gasteiger charge is -2.39. The van der Waals surface area contributed by atoms with Gasteiger partial charge in [-0.25, -0.2) is 0 Å². The number of halogens is 1. The number of hydrogen-bond acceptors (Lipinski definition) is 0. The molecule has 154 valence electrons. The van der Waals surface area contributed by atoms with Crippen molar-refractivity contribution in [3.8, 4) is 16.8 Å². The molecule has 1 spiro atoms. The second kappa shape index (κ2) is 6.03. The summed E-state index contributed by atoms with van der Waals surface area (Å²) in [6, 6.07) is 40.4. The van der Waals surface area contributed by atoms with Crippen LogP contribution in [0.3, 0.4) is 0 Å². The molecule has 1 aliphatic heterocycles. The first-order valence-electron chi connectivity index (χ1n) is 11.3. The number of rotatable bonds is 0. The van der Waals surface area contributed by atoms with Gasteiger partial charge in [0.15, 0.2) is 0 Å². The largest absolute Gasteiger partial charge is 0.309 e. The molecule has 0 radical (unpaired) electrons. The highest BCUT2D eigenvalue weighted by atomic mass is 79.9. The van der Waals surface area contributed by atoms with E-state index in [4.69, 9.17) is 0 Å². The van der Waals surface area contributed by atoms with Gasteiger partial charge in [0.05, 0.1) is 22.1 Å². The molecule has 1 aromatic heterocycles. The van der Waals surface area contributed by atoms with E-state index >= 15 is 0 Å². The topological polar surface area (TPSA) is 4.93 Å². The molecule has 0 amide bonds. The summed E-state index contributed by atoms with van der Waals surface area (Å²) < 4.78 is 3.59. The molecular weight excluding hydrogens is 466 g/mol. The van der Waals surface area contributed by atoms with E-state index in [0.717, 1.165) is 4.47 Å². The predicted octanol–water partition coefficient (Wildman–Crippen LogP) is 8.22. The molecule has 33 heavy (non-hydrogen) atoms. The van der Waals surface area contributed by atoms with Gasteiger partial charge in [0, 0.05) is 15.2 Å². The second-order valence-corrected chi connectivity index (χ2v) is 9.97. The minimum absolute atomic E-state index is 0.351. The van der Waals surface area contributed by atoms with E-state index in [1.54, 1.807) is 0 Å². The summed E-state index contributed by atoms with van der Waals surface area (Å²) in [5.74, 6) is 0. The monoisotopic (exact) mass is 483 g/mol. The van der Waals surface area contributed by atoms with Crippen molar-refractivity contribution in [2.24, 2.45) is 0 Å². The molecule has 0 saturated heterocycles. The first kappa shape index (κ1) is 17.9. The molecule has 2 heterocycles. The SMILES string of the molecule is Brc1ccc2c(c1)C1(c3ccccc3-c3ccccc31)c1cccc3c4ccccc4n-2c13. The Morgan fingerprint density at radius 1 is 0.545 bits per heavy atom. The molecule has 2 heteroatoms. The Bertz CT molecular complexity index is 1740. The van der Waals surface area contributed by atoms with E-state index in [2.05, 4.69) is 130 Å². The molecule has 0 saturated carbocycles. The van der Waals surface area contributed by atoms with E-state index in [1.165, 1.54) is 60.9 Å². The van der Waals surface area contributed by atoms with Crippen LogP contribution in [0.15, 0.2) is 114 Å². The average Bonchev–Trinajstić information content (AvgIpc) is 3.35. The summed E-state index contributed by atoms with van der Waals surface area (Å²) in [4.78, 5) is 0. The van der Waals surface area contributed by atoms with Crippen LogP contribution in [0.5, 0.6) is 0 Å². The van der Waals surface area contributed by atoms with Gasteiger partial charge in [-0.3, -0.25) is 0 Å². The molecule has 0 fully saturated rings. The standard InChI is InChI=1S/C31H18BrN/c32-19-16-17-29-27(18-19)31(24-12-4-1-8-20(24)21-9-2-5-13-25(21)31)26-14-7-11-23-22-10-3-6-15-28(22)33(29)30(23)26/h1-18H. The molecule has 6 aromatic rings. The Kier molecular flexibility index (Phi) is 3.27. The molecule has 1 nitrogen and oxygen atoms in total. The van der Waals surface area contributed by atoms with Crippen molar-refractivity contribution < 1.29 is 0 Å². The Labute approximate surface area is 200 Å². The molecule has 0 atom stereocenters. The van der Waals surface area contributed by atoms with Gasteiger partial charge in [-0.05, 0) is 57.6 Å². The quantitative estimate of drug-likeness (QED) is 0.204. The van der Waals surface area contributed by atoms with Crippen LogP contribution in [0.4, 0.5) is 0 Å². The molecule has 1 aliphatic carbocycles. The van der Waals surface area contributed by atoms with Crippen molar-refractivity contribution in [3.05, 3.63) is 136 Å². The zero-order valence-corrected chi connectivity index (χ0v) is 19.3. The summed E-state index contributed by atoms with van der Waals surface area (Å²) in [5.41, 5.74) is 11.6.